The van der Waals surface area contributed by atoms with Gasteiger partial charge in [0, 0.05) is 30.0 Å². The van der Waals surface area contributed by atoms with Crippen LogP contribution >= 0.6 is 0 Å². The molecule has 0 saturated heterocycles. The van der Waals surface area contributed by atoms with Gasteiger partial charge in [0.2, 0.25) is 5.91 Å². The number of ether oxygens (including phenoxy) is 2. The maximum Gasteiger partial charge on any atom is 0.303 e. The Morgan fingerprint density at radius 1 is 1.17 bits per heavy atom. The molecule has 0 bridgehead atoms. The first kappa shape index (κ1) is 20.3. The zero-order valence-corrected chi connectivity index (χ0v) is 16.1. The maximum absolute atomic E-state index is 14.4. The number of nitrogens with zero attached hydrogens (tertiary/aromatic N) is 2. The van der Waals surface area contributed by atoms with E-state index in [0.29, 0.717) is 28.3 Å². The number of benzene rings is 2. The number of carbonyl (C=O) groups excluding carboxylic acids is 1. The second-order valence-corrected chi connectivity index (χ2v) is 6.49. The Morgan fingerprint density at radius 2 is 1.93 bits per heavy atom. The first-order valence-electron chi connectivity index (χ1n) is 9.02. The molecule has 1 atom stereocenters. The van der Waals surface area contributed by atoms with Gasteiger partial charge >= 0.3 is 5.97 Å². The largest absolute Gasteiger partial charge is 0.497 e. The molecule has 1 aliphatic heterocycles. The third-order valence-corrected chi connectivity index (χ3v) is 4.70. The summed E-state index contributed by atoms with van der Waals surface area (Å²) in [4.78, 5) is 23.5. The van der Waals surface area contributed by atoms with Crippen LogP contribution in [0.3, 0.4) is 0 Å². The highest BCUT2D eigenvalue weighted by atomic mass is 19.1. The van der Waals surface area contributed by atoms with Crippen molar-refractivity contribution >= 4 is 17.6 Å². The minimum atomic E-state index is -1.08. The number of halogens is 1. The molecule has 1 unspecified atom stereocenters. The van der Waals surface area contributed by atoms with Crippen LogP contribution in [0.2, 0.25) is 0 Å². The molecule has 0 fully saturated rings. The molecule has 3 rings (SSSR count). The third-order valence-electron chi connectivity index (χ3n) is 4.70. The second kappa shape index (κ2) is 8.72. The number of rotatable bonds is 7. The number of aliphatic carboxylic acids is 1. The first-order valence-corrected chi connectivity index (χ1v) is 9.02. The zero-order chi connectivity index (χ0) is 21.0. The molecule has 0 aromatic heterocycles. The number of carboxylic acids is 1. The lowest BCUT2D eigenvalue weighted by molar-refractivity contribution is -0.141. The van der Waals surface area contributed by atoms with E-state index in [1.807, 2.05) is 0 Å². The zero-order valence-electron chi connectivity index (χ0n) is 16.1. The van der Waals surface area contributed by atoms with Crippen LogP contribution in [0.4, 0.5) is 4.39 Å². The number of carboxylic acid groups (broad SMARTS) is 1. The Bertz CT molecular complexity index is 960. The highest BCUT2D eigenvalue weighted by Gasteiger charge is 2.35. The molecule has 8 heteroatoms. The second-order valence-electron chi connectivity index (χ2n) is 6.49. The molecule has 1 amide bonds. The molecule has 1 N–H and O–H groups in total. The monoisotopic (exact) mass is 400 g/mol. The summed E-state index contributed by atoms with van der Waals surface area (Å²) in [6.45, 7) is 0. The van der Waals surface area contributed by atoms with Gasteiger partial charge in [0.05, 0.1) is 32.4 Å². The van der Waals surface area contributed by atoms with Gasteiger partial charge in [-0.05, 0) is 18.2 Å². The Labute approximate surface area is 167 Å². The summed E-state index contributed by atoms with van der Waals surface area (Å²) < 4.78 is 25.1. The number of hydrogen-bond acceptors (Lipinski definition) is 5. The van der Waals surface area contributed by atoms with Crippen molar-refractivity contribution in [2.45, 2.75) is 25.3 Å². The number of hydrazone groups is 1. The van der Waals surface area contributed by atoms with Gasteiger partial charge in [0.25, 0.3) is 0 Å². The van der Waals surface area contributed by atoms with Crippen molar-refractivity contribution in [3.8, 4) is 11.5 Å². The van der Waals surface area contributed by atoms with Crippen LogP contribution < -0.4 is 9.47 Å². The van der Waals surface area contributed by atoms with Crippen molar-refractivity contribution in [3.05, 3.63) is 59.4 Å². The maximum atomic E-state index is 14.4. The van der Waals surface area contributed by atoms with Crippen molar-refractivity contribution in [1.29, 1.82) is 0 Å². The van der Waals surface area contributed by atoms with Crippen LogP contribution in [-0.4, -0.2) is 41.9 Å². The molecule has 0 aliphatic carbocycles. The first-order chi connectivity index (χ1) is 13.9. The fraction of sp³-hybridized carbons (Fsp3) is 0.286. The Hall–Kier alpha value is -3.42. The van der Waals surface area contributed by atoms with Crippen LogP contribution in [0.15, 0.2) is 47.6 Å². The SMILES string of the molecule is COc1ccc(C2=NN(C(=O)CCC(=O)O)C(c3ccccc3F)C2)c(OC)c1. The van der Waals surface area contributed by atoms with Crippen LogP contribution in [0, 0.1) is 5.82 Å². The number of hydrogen-bond donors (Lipinski definition) is 1. The van der Waals surface area contributed by atoms with Crippen molar-refractivity contribution in [3.63, 3.8) is 0 Å². The van der Waals surface area contributed by atoms with Gasteiger partial charge in [-0.3, -0.25) is 9.59 Å². The number of methoxy groups -OCH3 is 2. The molecular formula is C21H21FN2O5. The fourth-order valence-electron chi connectivity index (χ4n) is 3.26. The predicted molar refractivity (Wildman–Crippen MR) is 104 cm³/mol. The van der Waals surface area contributed by atoms with Gasteiger partial charge < -0.3 is 14.6 Å². The smallest absolute Gasteiger partial charge is 0.303 e. The normalized spacial score (nSPS) is 15.8. The molecule has 0 spiro atoms. The van der Waals surface area contributed by atoms with E-state index in [1.165, 1.54) is 18.2 Å². The van der Waals surface area contributed by atoms with E-state index >= 15 is 0 Å². The van der Waals surface area contributed by atoms with Crippen LogP contribution in [0.5, 0.6) is 11.5 Å². The summed E-state index contributed by atoms with van der Waals surface area (Å²) in [6.07, 6.45) is -0.282. The van der Waals surface area contributed by atoms with Crippen molar-refractivity contribution in [2.75, 3.05) is 14.2 Å². The average Bonchev–Trinajstić information content (AvgIpc) is 3.16. The standard InChI is InChI=1S/C21H21FN2O5/c1-28-13-7-8-15(19(11-13)29-2)17-12-18(14-5-3-4-6-16(14)22)24(23-17)20(25)9-10-21(26)27/h3-8,11,18H,9-10,12H2,1-2H3,(H,26,27). The summed E-state index contributed by atoms with van der Waals surface area (Å²) in [5.41, 5.74) is 1.52. The topological polar surface area (TPSA) is 88.4 Å². The van der Waals surface area contributed by atoms with Gasteiger partial charge in [-0.25, -0.2) is 9.40 Å². The summed E-state index contributed by atoms with van der Waals surface area (Å²) in [5.74, 6) is -0.907. The summed E-state index contributed by atoms with van der Waals surface area (Å²) >= 11 is 0. The van der Waals surface area contributed by atoms with E-state index in [2.05, 4.69) is 5.10 Å². The van der Waals surface area contributed by atoms with Crippen LogP contribution in [0.1, 0.15) is 36.4 Å². The highest BCUT2D eigenvalue weighted by Crippen LogP contribution is 2.37. The molecule has 152 valence electrons. The Balaban J connectivity index is 1.99. The van der Waals surface area contributed by atoms with Gasteiger partial charge in [0.1, 0.15) is 17.3 Å². The van der Waals surface area contributed by atoms with E-state index in [1.54, 1.807) is 43.5 Å². The Kier molecular flexibility index (Phi) is 6.11. The van der Waals surface area contributed by atoms with Crippen LogP contribution in [-0.2, 0) is 9.59 Å². The van der Waals surface area contributed by atoms with E-state index in [9.17, 15) is 14.0 Å². The molecule has 2 aromatic carbocycles. The fourth-order valence-corrected chi connectivity index (χ4v) is 3.26. The molecule has 2 aromatic rings. The Morgan fingerprint density at radius 3 is 2.59 bits per heavy atom. The van der Waals surface area contributed by atoms with E-state index in [4.69, 9.17) is 14.6 Å². The molecule has 7 nitrogen and oxygen atoms in total. The van der Waals surface area contributed by atoms with E-state index < -0.39 is 23.7 Å². The van der Waals surface area contributed by atoms with Gasteiger partial charge in [-0.15, -0.1) is 0 Å². The lowest BCUT2D eigenvalue weighted by Crippen LogP contribution is -2.28. The summed E-state index contributed by atoms with van der Waals surface area (Å²) in [6, 6.07) is 10.7. The average molecular weight is 400 g/mol. The summed E-state index contributed by atoms with van der Waals surface area (Å²) in [7, 11) is 3.05. The highest BCUT2D eigenvalue weighted by molar-refractivity contribution is 6.05. The summed E-state index contributed by atoms with van der Waals surface area (Å²) in [5, 5.41) is 14.5. The molecule has 0 radical (unpaired) electrons. The van der Waals surface area contributed by atoms with Crippen molar-refractivity contribution < 1.29 is 28.6 Å². The third kappa shape index (κ3) is 4.37. The molecule has 0 saturated carbocycles. The van der Waals surface area contributed by atoms with Gasteiger partial charge in [0.15, 0.2) is 0 Å². The molecule has 1 heterocycles. The predicted octanol–water partition coefficient (Wildman–Crippen LogP) is 3.39. The van der Waals surface area contributed by atoms with Crippen LogP contribution in [0.25, 0.3) is 0 Å². The quantitative estimate of drug-likeness (QED) is 0.770. The molecular weight excluding hydrogens is 379 g/mol. The van der Waals surface area contributed by atoms with Crippen molar-refractivity contribution in [2.24, 2.45) is 5.10 Å². The number of amides is 1. The van der Waals surface area contributed by atoms with E-state index in [-0.39, 0.29) is 19.3 Å². The minimum Gasteiger partial charge on any atom is -0.497 e. The van der Waals surface area contributed by atoms with Gasteiger partial charge in [-0.2, -0.15) is 5.10 Å². The molecule has 1 aliphatic rings. The number of carbonyl (C=O) groups is 2. The van der Waals surface area contributed by atoms with E-state index in [0.717, 1.165) is 0 Å². The van der Waals surface area contributed by atoms with Crippen molar-refractivity contribution in [1.82, 2.24) is 5.01 Å². The minimum absolute atomic E-state index is 0.225. The van der Waals surface area contributed by atoms with Gasteiger partial charge in [-0.1, -0.05) is 18.2 Å². The lowest BCUT2D eigenvalue weighted by atomic mass is 9.97. The molecule has 29 heavy (non-hydrogen) atoms. The lowest BCUT2D eigenvalue weighted by Gasteiger charge is -2.22.